The van der Waals surface area contributed by atoms with Crippen LogP contribution in [0.15, 0.2) is 84.3 Å². The zero-order chi connectivity index (χ0) is 23.7. The van der Waals surface area contributed by atoms with Crippen molar-refractivity contribution < 1.29 is 9.47 Å². The fraction of sp³-hybridized carbons (Fsp3) is 0.0769. The molecule has 0 saturated heterocycles. The lowest BCUT2D eigenvalue weighted by Crippen LogP contribution is -2.21. The van der Waals surface area contributed by atoms with E-state index in [9.17, 15) is 5.26 Å². The van der Waals surface area contributed by atoms with Gasteiger partial charge in [0.25, 0.3) is 0 Å². The average molecular weight is 489 g/mol. The van der Waals surface area contributed by atoms with E-state index < -0.39 is 5.92 Å². The van der Waals surface area contributed by atoms with Crippen LogP contribution >= 0.6 is 23.2 Å². The maximum Gasteiger partial charge on any atom is 0.244 e. The number of aromatic amines is 1. The lowest BCUT2D eigenvalue weighted by atomic mass is 9.83. The molecule has 6 nitrogen and oxygen atoms in total. The molecule has 1 aliphatic heterocycles. The summed E-state index contributed by atoms with van der Waals surface area (Å²) < 4.78 is 11.7. The molecule has 1 aromatic heterocycles. The van der Waals surface area contributed by atoms with Crippen molar-refractivity contribution in [1.82, 2.24) is 10.2 Å². The minimum absolute atomic E-state index is 0.0328. The first-order valence-corrected chi connectivity index (χ1v) is 11.2. The monoisotopic (exact) mass is 488 g/mol. The minimum Gasteiger partial charge on any atom is -0.489 e. The molecule has 5 rings (SSSR count). The Labute approximate surface area is 206 Å². The Morgan fingerprint density at radius 3 is 2.65 bits per heavy atom. The van der Waals surface area contributed by atoms with Crippen LogP contribution in [-0.4, -0.2) is 10.2 Å². The average Bonchev–Trinajstić information content (AvgIpc) is 3.26. The number of allylic oxidation sites excluding steroid dienone is 1. The summed E-state index contributed by atoms with van der Waals surface area (Å²) in [6.45, 7) is 0.266. The zero-order valence-electron chi connectivity index (χ0n) is 17.8. The Hall–Kier alpha value is -3.92. The Morgan fingerprint density at radius 1 is 1.06 bits per heavy atom. The van der Waals surface area contributed by atoms with E-state index in [1.54, 1.807) is 12.1 Å². The van der Waals surface area contributed by atoms with E-state index in [2.05, 4.69) is 16.3 Å². The van der Waals surface area contributed by atoms with Crippen molar-refractivity contribution in [2.45, 2.75) is 12.5 Å². The third-order valence-corrected chi connectivity index (χ3v) is 6.19. The molecule has 1 unspecified atom stereocenters. The topological polar surface area (TPSA) is 97.0 Å². The number of nitrogens with zero attached hydrogens (tertiary/aromatic N) is 2. The second-order valence-electron chi connectivity index (χ2n) is 7.71. The summed E-state index contributed by atoms with van der Waals surface area (Å²) in [5.74, 6) is 0.521. The van der Waals surface area contributed by atoms with E-state index in [1.807, 2.05) is 60.7 Å². The minimum atomic E-state index is -0.481. The molecule has 0 bridgehead atoms. The van der Waals surface area contributed by atoms with Crippen LogP contribution in [0, 0.1) is 11.3 Å². The largest absolute Gasteiger partial charge is 0.489 e. The number of hydrogen-bond acceptors (Lipinski definition) is 5. The highest BCUT2D eigenvalue weighted by atomic mass is 35.5. The number of nitrogens with one attached hydrogen (secondary N) is 1. The molecule has 0 radical (unpaired) electrons. The van der Waals surface area contributed by atoms with E-state index in [-0.39, 0.29) is 12.5 Å². The number of ether oxygens (including phenoxy) is 2. The van der Waals surface area contributed by atoms with Crippen LogP contribution in [0.2, 0.25) is 10.0 Å². The van der Waals surface area contributed by atoms with Crippen molar-refractivity contribution in [2.75, 3.05) is 0 Å². The predicted molar refractivity (Wildman–Crippen MR) is 131 cm³/mol. The van der Waals surface area contributed by atoms with Gasteiger partial charge in [-0.05, 0) is 35.4 Å². The van der Waals surface area contributed by atoms with Crippen LogP contribution in [0.3, 0.4) is 0 Å². The normalized spacial score (nSPS) is 14.8. The van der Waals surface area contributed by atoms with Crippen molar-refractivity contribution in [1.29, 1.82) is 5.26 Å². The highest BCUT2D eigenvalue weighted by Gasteiger charge is 2.35. The predicted octanol–water partition coefficient (Wildman–Crippen LogP) is 6.18. The quantitative estimate of drug-likeness (QED) is 0.349. The standard InChI is InChI=1S/C26H18Cl2N4O2/c27-18-10-9-17(21(28)12-18)14-33-19-8-4-7-16(11-19)22-20(13-29)25(30)34-26-23(22)24(31-32-26)15-5-2-1-3-6-15/h1-12,22H,14,30H2,(H,31,32). The van der Waals surface area contributed by atoms with Crippen molar-refractivity contribution in [2.24, 2.45) is 5.73 Å². The molecule has 168 valence electrons. The van der Waals surface area contributed by atoms with Gasteiger partial charge in [-0.2, -0.15) is 5.26 Å². The van der Waals surface area contributed by atoms with Crippen LogP contribution in [0.4, 0.5) is 0 Å². The summed E-state index contributed by atoms with van der Waals surface area (Å²) >= 11 is 12.3. The van der Waals surface area contributed by atoms with Gasteiger partial charge in [0.05, 0.1) is 17.2 Å². The van der Waals surface area contributed by atoms with E-state index in [0.717, 1.165) is 27.9 Å². The molecule has 3 aromatic carbocycles. The fourth-order valence-corrected chi connectivity index (χ4v) is 4.45. The van der Waals surface area contributed by atoms with Gasteiger partial charge in [-0.3, -0.25) is 5.10 Å². The molecule has 2 heterocycles. The Kier molecular flexibility index (Phi) is 5.89. The van der Waals surface area contributed by atoms with Gasteiger partial charge in [0, 0.05) is 15.6 Å². The van der Waals surface area contributed by atoms with E-state index in [4.69, 9.17) is 38.4 Å². The van der Waals surface area contributed by atoms with Gasteiger partial charge < -0.3 is 15.2 Å². The summed E-state index contributed by atoms with van der Waals surface area (Å²) in [5.41, 5.74) is 10.5. The second kappa shape index (κ2) is 9.14. The first kappa shape index (κ1) is 21.9. The summed E-state index contributed by atoms with van der Waals surface area (Å²) in [6.07, 6.45) is 0. The van der Waals surface area contributed by atoms with Crippen molar-refractivity contribution >= 4 is 23.2 Å². The number of nitrogens with two attached hydrogens (primary N) is 1. The van der Waals surface area contributed by atoms with E-state index >= 15 is 0 Å². The van der Waals surface area contributed by atoms with E-state index in [0.29, 0.717) is 27.2 Å². The molecular formula is C26H18Cl2N4O2. The molecule has 0 saturated carbocycles. The number of halogens is 2. The molecule has 0 amide bonds. The molecule has 1 aliphatic rings. The molecule has 1 atom stereocenters. The summed E-state index contributed by atoms with van der Waals surface area (Å²) in [6, 6.07) is 24.8. The number of fused-ring (bicyclic) bond motifs is 1. The Bertz CT molecular complexity index is 1440. The number of aromatic nitrogens is 2. The van der Waals surface area contributed by atoms with Gasteiger partial charge in [-0.25, -0.2) is 0 Å². The molecule has 0 fully saturated rings. The van der Waals surface area contributed by atoms with Gasteiger partial charge in [-0.15, -0.1) is 5.10 Å². The summed E-state index contributed by atoms with van der Waals surface area (Å²) in [7, 11) is 0. The molecule has 0 aliphatic carbocycles. The van der Waals surface area contributed by atoms with Crippen LogP contribution in [-0.2, 0) is 6.61 Å². The third kappa shape index (κ3) is 4.08. The smallest absolute Gasteiger partial charge is 0.244 e. The second-order valence-corrected chi connectivity index (χ2v) is 8.55. The molecule has 34 heavy (non-hydrogen) atoms. The number of H-pyrrole nitrogens is 1. The van der Waals surface area contributed by atoms with Gasteiger partial charge in [0.1, 0.15) is 24.0 Å². The maximum atomic E-state index is 9.94. The van der Waals surface area contributed by atoms with Crippen LogP contribution in [0.5, 0.6) is 11.6 Å². The van der Waals surface area contributed by atoms with Crippen molar-refractivity contribution in [3.05, 3.63) is 111 Å². The van der Waals surface area contributed by atoms with Gasteiger partial charge >= 0.3 is 0 Å². The van der Waals surface area contributed by atoms with Crippen LogP contribution in [0.25, 0.3) is 11.3 Å². The Morgan fingerprint density at radius 2 is 1.88 bits per heavy atom. The molecule has 0 spiro atoms. The van der Waals surface area contributed by atoms with Crippen molar-refractivity contribution in [3.8, 4) is 29.0 Å². The highest BCUT2D eigenvalue weighted by molar-refractivity contribution is 6.35. The maximum absolute atomic E-state index is 9.94. The molecule has 4 aromatic rings. The Balaban J connectivity index is 1.53. The first-order chi connectivity index (χ1) is 16.5. The summed E-state index contributed by atoms with van der Waals surface area (Å²) in [4.78, 5) is 0. The van der Waals surface area contributed by atoms with Gasteiger partial charge in [0.15, 0.2) is 0 Å². The summed E-state index contributed by atoms with van der Waals surface area (Å²) in [5, 5.41) is 18.4. The lowest BCUT2D eigenvalue weighted by Gasteiger charge is -2.24. The number of nitriles is 1. The van der Waals surface area contributed by atoms with Crippen LogP contribution < -0.4 is 15.2 Å². The first-order valence-electron chi connectivity index (χ1n) is 10.4. The van der Waals surface area contributed by atoms with E-state index in [1.165, 1.54) is 0 Å². The number of hydrogen-bond donors (Lipinski definition) is 2. The number of rotatable bonds is 5. The van der Waals surface area contributed by atoms with Crippen molar-refractivity contribution in [3.63, 3.8) is 0 Å². The molecule has 3 N–H and O–H groups in total. The number of benzene rings is 3. The third-order valence-electron chi connectivity index (χ3n) is 5.60. The SMILES string of the molecule is N#CC1=C(N)Oc2n[nH]c(-c3ccccc3)c2C1c1cccc(OCc2ccc(Cl)cc2Cl)c1. The van der Waals surface area contributed by atoms with Crippen LogP contribution in [0.1, 0.15) is 22.6 Å². The molecular weight excluding hydrogens is 471 g/mol. The zero-order valence-corrected chi connectivity index (χ0v) is 19.3. The molecule has 8 heteroatoms. The fourth-order valence-electron chi connectivity index (χ4n) is 3.99. The van der Waals surface area contributed by atoms with Gasteiger partial charge in [-0.1, -0.05) is 71.7 Å². The van der Waals surface area contributed by atoms with Gasteiger partial charge in [0.2, 0.25) is 11.8 Å². The lowest BCUT2D eigenvalue weighted by molar-refractivity contribution is 0.306. The highest BCUT2D eigenvalue weighted by Crippen LogP contribution is 2.46.